The van der Waals surface area contributed by atoms with Gasteiger partial charge in [-0.1, -0.05) is 11.2 Å². The number of likely N-dealkylation sites (tertiary alicyclic amines) is 1. The van der Waals surface area contributed by atoms with Crippen LogP contribution in [-0.2, 0) is 10.2 Å². The lowest BCUT2D eigenvalue weighted by Gasteiger charge is -2.28. The van der Waals surface area contributed by atoms with Crippen LogP contribution in [0.4, 0.5) is 22.0 Å². The molecule has 3 rings (SSSR count). The Morgan fingerprint density at radius 2 is 2.11 bits per heavy atom. The first-order valence-corrected chi connectivity index (χ1v) is 8.22. The van der Waals surface area contributed by atoms with Crippen molar-refractivity contribution in [2.45, 2.75) is 24.4 Å². The molecule has 148 valence electrons. The summed E-state index contributed by atoms with van der Waals surface area (Å²) in [6, 6.07) is 4.89. The van der Waals surface area contributed by atoms with Crippen LogP contribution in [0.5, 0.6) is 0 Å². The van der Waals surface area contributed by atoms with Crippen LogP contribution in [0.2, 0.25) is 0 Å². The van der Waals surface area contributed by atoms with Crippen molar-refractivity contribution in [1.82, 2.24) is 20.0 Å². The number of pyridine rings is 1. The first-order chi connectivity index (χ1) is 12.8. The molecule has 6 nitrogen and oxygen atoms in total. The average molecular weight is 392 g/mol. The maximum atomic E-state index is 13.9. The molecule has 1 unspecified atom stereocenters. The van der Waals surface area contributed by atoms with Gasteiger partial charge in [0.05, 0.1) is 6.61 Å². The molecule has 1 fully saturated rings. The average Bonchev–Trinajstić information content (AvgIpc) is 3.27. The molecule has 0 spiro atoms. The highest BCUT2D eigenvalue weighted by Crippen LogP contribution is 2.47. The maximum Gasteiger partial charge on any atom is 0.404 e. The van der Waals surface area contributed by atoms with Gasteiger partial charge in [0.25, 0.3) is 6.43 Å². The number of alkyl halides is 5. The largest absolute Gasteiger partial charge is 0.404 e. The van der Waals surface area contributed by atoms with E-state index in [-0.39, 0.29) is 31.9 Å². The van der Waals surface area contributed by atoms with Gasteiger partial charge in [0.15, 0.2) is 5.41 Å². The van der Waals surface area contributed by atoms with E-state index in [1.54, 1.807) is 18.2 Å². The van der Waals surface area contributed by atoms with Crippen LogP contribution in [-0.4, -0.2) is 65.5 Å². The van der Waals surface area contributed by atoms with Crippen LogP contribution in [0.15, 0.2) is 28.9 Å². The molecule has 2 aromatic heterocycles. The molecule has 0 amide bonds. The van der Waals surface area contributed by atoms with E-state index in [0.717, 1.165) is 0 Å². The lowest BCUT2D eigenvalue weighted by atomic mass is 9.86. The number of rotatable bonds is 7. The number of hydrogen-bond acceptors (Lipinski definition) is 6. The Kier molecular flexibility index (Phi) is 5.70. The predicted molar refractivity (Wildman–Crippen MR) is 83.1 cm³/mol. The van der Waals surface area contributed by atoms with Gasteiger partial charge < -0.3 is 9.26 Å². The molecule has 11 heteroatoms. The minimum absolute atomic E-state index is 0.0204. The topological polar surface area (TPSA) is 64.3 Å². The molecule has 0 saturated carbocycles. The molecule has 27 heavy (non-hydrogen) atoms. The van der Waals surface area contributed by atoms with Crippen molar-refractivity contribution >= 4 is 0 Å². The SMILES string of the molecule is FC(F)COCCN1CCC(c2nc(-c3ccccn3)no2)(C(F)(F)F)C1. The standard InChI is InChI=1S/C16H17F5N4O2/c17-12(18)9-26-8-7-25-6-4-15(10-25,16(19,20)21)14-23-13(24-27-14)11-3-1-2-5-22-11/h1-3,5,12H,4,6-10H2. The van der Waals surface area contributed by atoms with Gasteiger partial charge >= 0.3 is 6.18 Å². The quantitative estimate of drug-likeness (QED) is 0.533. The number of aromatic nitrogens is 3. The molecule has 0 aliphatic carbocycles. The molecule has 1 aliphatic heterocycles. The summed E-state index contributed by atoms with van der Waals surface area (Å²) < 4.78 is 75.5. The normalized spacial score (nSPS) is 21.3. The minimum Gasteiger partial charge on any atom is -0.374 e. The van der Waals surface area contributed by atoms with E-state index in [1.165, 1.54) is 11.1 Å². The number of ether oxygens (including phenoxy) is 1. The Bertz CT molecular complexity index is 740. The Labute approximate surface area is 151 Å². The highest BCUT2D eigenvalue weighted by atomic mass is 19.4. The van der Waals surface area contributed by atoms with E-state index < -0.39 is 37.1 Å². The smallest absolute Gasteiger partial charge is 0.374 e. The molecule has 0 bridgehead atoms. The summed E-state index contributed by atoms with van der Waals surface area (Å²) in [5.74, 6) is -0.542. The van der Waals surface area contributed by atoms with Crippen LogP contribution in [0.25, 0.3) is 11.5 Å². The monoisotopic (exact) mass is 392 g/mol. The molecule has 1 aliphatic rings. The Morgan fingerprint density at radius 1 is 1.30 bits per heavy atom. The molecular weight excluding hydrogens is 375 g/mol. The molecule has 1 atom stereocenters. The third kappa shape index (κ3) is 4.24. The van der Waals surface area contributed by atoms with E-state index >= 15 is 0 Å². The van der Waals surface area contributed by atoms with E-state index in [9.17, 15) is 22.0 Å². The Hall–Kier alpha value is -2.14. The van der Waals surface area contributed by atoms with Crippen molar-refractivity contribution in [2.75, 3.05) is 32.8 Å². The van der Waals surface area contributed by atoms with Gasteiger partial charge in [0.2, 0.25) is 11.7 Å². The summed E-state index contributed by atoms with van der Waals surface area (Å²) in [5, 5.41) is 3.63. The van der Waals surface area contributed by atoms with Crippen LogP contribution >= 0.6 is 0 Å². The van der Waals surface area contributed by atoms with Crippen LogP contribution in [0.1, 0.15) is 12.3 Å². The summed E-state index contributed by atoms with van der Waals surface area (Å²) in [6.07, 6.45) is -6.02. The summed E-state index contributed by atoms with van der Waals surface area (Å²) in [7, 11) is 0. The fourth-order valence-electron chi connectivity index (χ4n) is 2.99. The van der Waals surface area contributed by atoms with Crippen molar-refractivity contribution in [3.8, 4) is 11.5 Å². The van der Waals surface area contributed by atoms with E-state index in [4.69, 9.17) is 9.26 Å². The van der Waals surface area contributed by atoms with Crippen LogP contribution in [0.3, 0.4) is 0 Å². The minimum atomic E-state index is -4.61. The van der Waals surface area contributed by atoms with Crippen LogP contribution < -0.4 is 0 Å². The molecule has 3 heterocycles. The molecule has 2 aromatic rings. The summed E-state index contributed by atoms with van der Waals surface area (Å²) in [6.45, 7) is -1.01. The van der Waals surface area contributed by atoms with Gasteiger partial charge in [-0.15, -0.1) is 0 Å². The highest BCUT2D eigenvalue weighted by molar-refractivity contribution is 5.47. The summed E-state index contributed by atoms with van der Waals surface area (Å²) in [4.78, 5) is 9.43. The predicted octanol–water partition coefficient (Wildman–Crippen LogP) is 2.92. The molecule has 0 aromatic carbocycles. The Morgan fingerprint density at radius 3 is 2.78 bits per heavy atom. The molecule has 1 saturated heterocycles. The Balaban J connectivity index is 1.75. The molecule has 0 N–H and O–H groups in total. The van der Waals surface area contributed by atoms with E-state index in [2.05, 4.69) is 15.1 Å². The lowest BCUT2D eigenvalue weighted by molar-refractivity contribution is -0.193. The van der Waals surface area contributed by atoms with Gasteiger partial charge in [0.1, 0.15) is 12.3 Å². The number of hydrogen-bond donors (Lipinski definition) is 0. The second-order valence-corrected chi connectivity index (χ2v) is 6.21. The third-order valence-electron chi connectivity index (χ3n) is 4.42. The van der Waals surface area contributed by atoms with Crippen molar-refractivity contribution in [3.63, 3.8) is 0 Å². The van der Waals surface area contributed by atoms with Gasteiger partial charge in [-0.25, -0.2) is 8.78 Å². The van der Waals surface area contributed by atoms with Gasteiger partial charge in [-0.05, 0) is 25.1 Å². The molecule has 0 radical (unpaired) electrons. The number of halogens is 5. The lowest BCUT2D eigenvalue weighted by Crippen LogP contribution is -2.45. The van der Waals surface area contributed by atoms with Gasteiger partial charge in [-0.2, -0.15) is 18.2 Å². The second kappa shape index (κ2) is 7.85. The fourth-order valence-corrected chi connectivity index (χ4v) is 2.99. The van der Waals surface area contributed by atoms with Gasteiger partial charge in [0, 0.05) is 19.3 Å². The first kappa shape index (κ1) is 19.6. The van der Waals surface area contributed by atoms with Gasteiger partial charge in [-0.3, -0.25) is 9.88 Å². The zero-order valence-corrected chi connectivity index (χ0v) is 14.1. The zero-order chi connectivity index (χ0) is 19.5. The second-order valence-electron chi connectivity index (χ2n) is 6.21. The van der Waals surface area contributed by atoms with E-state index in [1.807, 2.05) is 0 Å². The number of nitrogens with zero attached hydrogens (tertiary/aromatic N) is 4. The van der Waals surface area contributed by atoms with E-state index in [0.29, 0.717) is 5.69 Å². The maximum absolute atomic E-state index is 13.9. The van der Waals surface area contributed by atoms with Crippen molar-refractivity contribution < 1.29 is 31.2 Å². The zero-order valence-electron chi connectivity index (χ0n) is 14.1. The van der Waals surface area contributed by atoms with Crippen molar-refractivity contribution in [1.29, 1.82) is 0 Å². The first-order valence-electron chi connectivity index (χ1n) is 8.22. The summed E-state index contributed by atoms with van der Waals surface area (Å²) in [5.41, 5.74) is -2.00. The van der Waals surface area contributed by atoms with Crippen LogP contribution in [0, 0.1) is 0 Å². The summed E-state index contributed by atoms with van der Waals surface area (Å²) >= 11 is 0. The highest BCUT2D eigenvalue weighted by Gasteiger charge is 2.62. The van der Waals surface area contributed by atoms with Crippen molar-refractivity contribution in [2.24, 2.45) is 0 Å². The third-order valence-corrected chi connectivity index (χ3v) is 4.42. The molecular formula is C16H17F5N4O2. The van der Waals surface area contributed by atoms with Crippen molar-refractivity contribution in [3.05, 3.63) is 30.3 Å². The fraction of sp³-hybridized carbons (Fsp3) is 0.562.